The Balaban J connectivity index is 1.59. The standard InChI is InChI=1S/C13H17N5O3/c1-8-10(13(20)16-15-8)6-11(19)18-4-2-9(3-5-18)12-14-7-21-17-12/h7,9H,2-6H2,1H3,(H2,15,16,20). The lowest BCUT2D eigenvalue weighted by molar-refractivity contribution is -0.131. The van der Waals surface area contributed by atoms with E-state index in [4.69, 9.17) is 4.52 Å². The largest absolute Gasteiger partial charge is 0.343 e. The maximum absolute atomic E-state index is 12.3. The fraction of sp³-hybridized carbons (Fsp3) is 0.538. The van der Waals surface area contributed by atoms with E-state index >= 15 is 0 Å². The van der Waals surface area contributed by atoms with Gasteiger partial charge in [-0.3, -0.25) is 14.7 Å². The zero-order valence-electron chi connectivity index (χ0n) is 11.8. The Morgan fingerprint density at radius 2 is 2.19 bits per heavy atom. The van der Waals surface area contributed by atoms with Gasteiger partial charge in [0.2, 0.25) is 12.3 Å². The highest BCUT2D eigenvalue weighted by Crippen LogP contribution is 2.25. The third-order valence-electron chi connectivity index (χ3n) is 4.01. The second-order valence-electron chi connectivity index (χ2n) is 5.30. The molecule has 3 heterocycles. The van der Waals surface area contributed by atoms with Crippen LogP contribution < -0.4 is 5.56 Å². The number of H-pyrrole nitrogens is 2. The highest BCUT2D eigenvalue weighted by atomic mass is 16.5. The predicted molar refractivity (Wildman–Crippen MR) is 72.7 cm³/mol. The Kier molecular flexibility index (Phi) is 3.59. The second kappa shape index (κ2) is 5.55. The van der Waals surface area contributed by atoms with E-state index in [1.807, 2.05) is 0 Å². The van der Waals surface area contributed by atoms with E-state index in [1.165, 1.54) is 6.39 Å². The Bertz CT molecular complexity index is 664. The van der Waals surface area contributed by atoms with E-state index in [2.05, 4.69) is 20.3 Å². The van der Waals surface area contributed by atoms with Crippen LogP contribution in [0.2, 0.25) is 0 Å². The molecule has 21 heavy (non-hydrogen) atoms. The van der Waals surface area contributed by atoms with Gasteiger partial charge in [0.1, 0.15) is 0 Å². The molecule has 0 atom stereocenters. The molecule has 112 valence electrons. The number of hydrogen-bond donors (Lipinski definition) is 2. The van der Waals surface area contributed by atoms with E-state index in [1.54, 1.807) is 11.8 Å². The molecule has 1 fully saturated rings. The first kappa shape index (κ1) is 13.6. The Morgan fingerprint density at radius 3 is 2.76 bits per heavy atom. The molecule has 8 heteroatoms. The van der Waals surface area contributed by atoms with Crippen LogP contribution in [0.15, 0.2) is 15.7 Å². The van der Waals surface area contributed by atoms with Gasteiger partial charge in [0.05, 0.1) is 6.42 Å². The van der Waals surface area contributed by atoms with Crippen LogP contribution in [0.4, 0.5) is 0 Å². The minimum absolute atomic E-state index is 0.0187. The average molecular weight is 291 g/mol. The van der Waals surface area contributed by atoms with Gasteiger partial charge in [-0.2, -0.15) is 4.98 Å². The number of piperidine rings is 1. The molecule has 1 saturated heterocycles. The third kappa shape index (κ3) is 2.74. The number of amides is 1. The van der Waals surface area contributed by atoms with Crippen molar-refractivity contribution >= 4 is 5.91 Å². The van der Waals surface area contributed by atoms with Crippen LogP contribution >= 0.6 is 0 Å². The number of aromatic amines is 2. The van der Waals surface area contributed by atoms with Crippen LogP contribution in [0, 0.1) is 6.92 Å². The number of likely N-dealkylation sites (tertiary alicyclic amines) is 1. The fourth-order valence-electron chi connectivity index (χ4n) is 2.69. The lowest BCUT2D eigenvalue weighted by atomic mass is 9.96. The number of rotatable bonds is 3. The van der Waals surface area contributed by atoms with Gasteiger partial charge < -0.3 is 14.5 Å². The van der Waals surface area contributed by atoms with Crippen LogP contribution in [0.1, 0.15) is 35.8 Å². The molecular formula is C13H17N5O3. The van der Waals surface area contributed by atoms with Gasteiger partial charge in [0, 0.05) is 30.3 Å². The van der Waals surface area contributed by atoms with E-state index in [-0.39, 0.29) is 23.8 Å². The monoisotopic (exact) mass is 291 g/mol. The number of aromatic nitrogens is 4. The topological polar surface area (TPSA) is 108 Å². The first-order chi connectivity index (χ1) is 10.1. The summed E-state index contributed by atoms with van der Waals surface area (Å²) in [5.41, 5.74) is 1.01. The van der Waals surface area contributed by atoms with Crippen LogP contribution in [0.3, 0.4) is 0 Å². The van der Waals surface area contributed by atoms with Crippen molar-refractivity contribution in [2.45, 2.75) is 32.1 Å². The van der Waals surface area contributed by atoms with Gasteiger partial charge in [-0.25, -0.2) is 0 Å². The van der Waals surface area contributed by atoms with Crippen LogP contribution in [0.5, 0.6) is 0 Å². The van der Waals surface area contributed by atoms with Crippen molar-refractivity contribution in [3.05, 3.63) is 33.8 Å². The summed E-state index contributed by atoms with van der Waals surface area (Å²) in [6, 6.07) is 0. The smallest absolute Gasteiger partial charge is 0.267 e. The van der Waals surface area contributed by atoms with Gasteiger partial charge in [-0.05, 0) is 19.8 Å². The molecule has 0 saturated carbocycles. The lowest BCUT2D eigenvalue weighted by Crippen LogP contribution is -2.39. The van der Waals surface area contributed by atoms with E-state index in [0.717, 1.165) is 18.5 Å². The molecule has 0 aromatic carbocycles. The van der Waals surface area contributed by atoms with Crippen molar-refractivity contribution in [3.63, 3.8) is 0 Å². The molecule has 0 radical (unpaired) electrons. The van der Waals surface area contributed by atoms with Crippen molar-refractivity contribution in [2.75, 3.05) is 13.1 Å². The van der Waals surface area contributed by atoms with E-state index in [9.17, 15) is 9.59 Å². The molecular weight excluding hydrogens is 274 g/mol. The number of nitrogens with zero attached hydrogens (tertiary/aromatic N) is 3. The summed E-state index contributed by atoms with van der Waals surface area (Å²) in [6.07, 6.45) is 3.09. The maximum atomic E-state index is 12.3. The summed E-state index contributed by atoms with van der Waals surface area (Å²) in [7, 11) is 0. The molecule has 1 aliphatic rings. The average Bonchev–Trinajstić information content (AvgIpc) is 3.13. The number of hydrogen-bond acceptors (Lipinski definition) is 5. The molecule has 0 unspecified atom stereocenters. The summed E-state index contributed by atoms with van der Waals surface area (Å²) >= 11 is 0. The molecule has 0 aliphatic carbocycles. The molecule has 2 aromatic heterocycles. The predicted octanol–water partition coefficient (Wildman–Crippen LogP) is 0.343. The Morgan fingerprint density at radius 1 is 1.43 bits per heavy atom. The van der Waals surface area contributed by atoms with Crippen LogP contribution in [0.25, 0.3) is 0 Å². The van der Waals surface area contributed by atoms with Crippen molar-refractivity contribution in [1.29, 1.82) is 0 Å². The molecule has 0 bridgehead atoms. The van der Waals surface area contributed by atoms with Gasteiger partial charge in [-0.1, -0.05) is 5.16 Å². The van der Waals surface area contributed by atoms with Gasteiger partial charge in [0.25, 0.3) is 5.56 Å². The first-order valence-corrected chi connectivity index (χ1v) is 6.95. The van der Waals surface area contributed by atoms with E-state index in [0.29, 0.717) is 24.5 Å². The molecule has 1 amide bonds. The molecule has 3 rings (SSSR count). The molecule has 8 nitrogen and oxygen atoms in total. The highest BCUT2D eigenvalue weighted by Gasteiger charge is 2.26. The number of aryl methyl sites for hydroxylation is 1. The summed E-state index contributed by atoms with van der Waals surface area (Å²) in [4.78, 5) is 29.7. The van der Waals surface area contributed by atoms with Crippen LogP contribution in [-0.4, -0.2) is 44.2 Å². The SMILES string of the molecule is Cc1[nH][nH]c(=O)c1CC(=O)N1CCC(c2ncon2)CC1. The summed E-state index contributed by atoms with van der Waals surface area (Å²) in [5, 5.41) is 9.08. The third-order valence-corrected chi connectivity index (χ3v) is 4.01. The normalized spacial score (nSPS) is 16.3. The number of nitrogens with one attached hydrogen (secondary N) is 2. The number of carbonyl (C=O) groups is 1. The first-order valence-electron chi connectivity index (χ1n) is 6.95. The zero-order valence-corrected chi connectivity index (χ0v) is 11.8. The quantitative estimate of drug-likeness (QED) is 0.848. The van der Waals surface area contributed by atoms with Crippen molar-refractivity contribution in [2.24, 2.45) is 0 Å². The van der Waals surface area contributed by atoms with Gasteiger partial charge in [-0.15, -0.1) is 0 Å². The molecule has 2 N–H and O–H groups in total. The maximum Gasteiger partial charge on any atom is 0.267 e. The van der Waals surface area contributed by atoms with Crippen molar-refractivity contribution in [3.8, 4) is 0 Å². The van der Waals surface area contributed by atoms with Gasteiger partial charge in [0.15, 0.2) is 5.82 Å². The van der Waals surface area contributed by atoms with Crippen molar-refractivity contribution in [1.82, 2.24) is 25.2 Å². The second-order valence-corrected chi connectivity index (χ2v) is 5.30. The van der Waals surface area contributed by atoms with E-state index < -0.39 is 0 Å². The van der Waals surface area contributed by atoms with Crippen molar-refractivity contribution < 1.29 is 9.32 Å². The highest BCUT2D eigenvalue weighted by molar-refractivity contribution is 5.79. The molecule has 1 aliphatic heterocycles. The summed E-state index contributed by atoms with van der Waals surface area (Å²) < 4.78 is 4.76. The molecule has 0 spiro atoms. The fourth-order valence-corrected chi connectivity index (χ4v) is 2.69. The summed E-state index contributed by atoms with van der Waals surface area (Å²) in [6.45, 7) is 3.09. The van der Waals surface area contributed by atoms with Gasteiger partial charge >= 0.3 is 0 Å². The van der Waals surface area contributed by atoms with Crippen LogP contribution in [-0.2, 0) is 11.2 Å². The minimum Gasteiger partial charge on any atom is -0.343 e. The minimum atomic E-state index is -0.220. The summed E-state index contributed by atoms with van der Waals surface area (Å²) in [5.74, 6) is 0.931. The Labute approximate surface area is 120 Å². The Hall–Kier alpha value is -2.38. The zero-order chi connectivity index (χ0) is 14.8. The number of carbonyl (C=O) groups excluding carboxylic acids is 1. The lowest BCUT2D eigenvalue weighted by Gasteiger charge is -2.30. The molecule has 2 aromatic rings.